The van der Waals surface area contributed by atoms with Crippen LogP contribution in [0.5, 0.6) is 11.5 Å². The molecule has 0 radical (unpaired) electrons. The molecule has 0 fully saturated rings. The van der Waals surface area contributed by atoms with Gasteiger partial charge < -0.3 is 9.30 Å². The molecule has 2 aromatic carbocycles. The van der Waals surface area contributed by atoms with Gasteiger partial charge in [0.1, 0.15) is 11.3 Å². The molecule has 6 nitrogen and oxygen atoms in total. The topological polar surface area (TPSA) is 74.1 Å². The molecule has 5 aromatic rings. The molecule has 5 rings (SSSR count). The van der Waals surface area contributed by atoms with Crippen LogP contribution in [0.15, 0.2) is 78.0 Å². The Labute approximate surface area is 242 Å². The maximum atomic E-state index is 15.1. The van der Waals surface area contributed by atoms with Gasteiger partial charge in [0.05, 0.1) is 16.6 Å². The van der Waals surface area contributed by atoms with E-state index in [1.807, 2.05) is 13.8 Å². The highest BCUT2D eigenvalue weighted by Crippen LogP contribution is 2.34. The molecule has 220 valence electrons. The molecule has 0 amide bonds. The summed E-state index contributed by atoms with van der Waals surface area (Å²) in [5.41, 5.74) is -0.0481. The number of nitrogens with zero attached hydrogens (tertiary/aromatic N) is 3. The van der Waals surface area contributed by atoms with Gasteiger partial charge in [-0.05, 0) is 62.2 Å². The standard InChI is InChI=1S/C32H24F5N3O3/c1-17(2)40-16-23(31(42)29(18(40)3)20-5-7-22(33)8-6-20)26(41)13-19-4-9-27(24(34)12-19)43-28-10-11-38-25-14-21(32(35,36)37)15-39-30(25)28/h4-12,14-17H,13H2,1-3H3. The maximum absolute atomic E-state index is 15.1. The first-order valence-corrected chi connectivity index (χ1v) is 13.2. The summed E-state index contributed by atoms with van der Waals surface area (Å²) in [6.07, 6.45) is -1.56. The van der Waals surface area contributed by atoms with Crippen molar-refractivity contribution in [1.82, 2.24) is 14.5 Å². The number of fused-ring (bicyclic) bond motifs is 1. The lowest BCUT2D eigenvalue weighted by molar-refractivity contribution is -0.137. The van der Waals surface area contributed by atoms with Gasteiger partial charge in [0.2, 0.25) is 0 Å². The van der Waals surface area contributed by atoms with Crippen LogP contribution < -0.4 is 10.2 Å². The van der Waals surface area contributed by atoms with Crippen LogP contribution in [0.2, 0.25) is 0 Å². The number of aromatic nitrogens is 3. The molecule has 0 spiro atoms. The number of carbonyl (C=O) groups excluding carboxylic acids is 1. The predicted molar refractivity (Wildman–Crippen MR) is 150 cm³/mol. The van der Waals surface area contributed by atoms with Gasteiger partial charge in [-0.2, -0.15) is 13.2 Å². The fraction of sp³-hybridized carbons (Fsp3) is 0.188. The number of carbonyl (C=O) groups is 1. The van der Waals surface area contributed by atoms with Crippen molar-refractivity contribution in [2.45, 2.75) is 39.4 Å². The Kier molecular flexibility index (Phi) is 7.83. The van der Waals surface area contributed by atoms with E-state index < -0.39 is 34.6 Å². The van der Waals surface area contributed by atoms with Gasteiger partial charge in [-0.1, -0.05) is 18.2 Å². The van der Waals surface area contributed by atoms with Crippen molar-refractivity contribution in [3.63, 3.8) is 0 Å². The molecule has 0 aliphatic heterocycles. The molecule has 3 aromatic heterocycles. The number of benzene rings is 2. The van der Waals surface area contributed by atoms with Gasteiger partial charge in [0, 0.05) is 48.4 Å². The fourth-order valence-corrected chi connectivity index (χ4v) is 4.79. The quantitative estimate of drug-likeness (QED) is 0.142. The van der Waals surface area contributed by atoms with Crippen molar-refractivity contribution in [2.24, 2.45) is 0 Å². The van der Waals surface area contributed by atoms with E-state index in [-0.39, 0.29) is 51.7 Å². The number of pyridine rings is 3. The number of hydrogen-bond donors (Lipinski definition) is 0. The molecule has 43 heavy (non-hydrogen) atoms. The third-order valence-electron chi connectivity index (χ3n) is 6.93. The number of ketones is 1. The number of alkyl halides is 3. The molecule has 0 saturated heterocycles. The summed E-state index contributed by atoms with van der Waals surface area (Å²) < 4.78 is 75.2. The Morgan fingerprint density at radius 3 is 2.35 bits per heavy atom. The molecule has 0 bridgehead atoms. The Bertz CT molecular complexity index is 1920. The van der Waals surface area contributed by atoms with Crippen molar-refractivity contribution < 1.29 is 31.5 Å². The third kappa shape index (κ3) is 6.01. The Balaban J connectivity index is 1.43. The first-order valence-electron chi connectivity index (χ1n) is 13.2. The minimum absolute atomic E-state index is 0.00640. The molecule has 0 aliphatic carbocycles. The predicted octanol–water partition coefficient (Wildman–Crippen LogP) is 7.86. The second-order valence-corrected chi connectivity index (χ2v) is 10.2. The fourth-order valence-electron chi connectivity index (χ4n) is 4.79. The number of halogens is 5. The molecule has 0 N–H and O–H groups in total. The van der Waals surface area contributed by atoms with Crippen molar-refractivity contribution in [2.75, 3.05) is 0 Å². The van der Waals surface area contributed by atoms with Crippen LogP contribution in [0.4, 0.5) is 22.0 Å². The number of hydrogen-bond acceptors (Lipinski definition) is 5. The third-order valence-corrected chi connectivity index (χ3v) is 6.93. The molecule has 11 heteroatoms. The van der Waals surface area contributed by atoms with E-state index in [4.69, 9.17) is 4.74 Å². The molecule has 0 saturated carbocycles. The van der Waals surface area contributed by atoms with Crippen LogP contribution in [-0.4, -0.2) is 20.3 Å². The number of ether oxygens (including phenoxy) is 1. The highest BCUT2D eigenvalue weighted by atomic mass is 19.4. The zero-order valence-electron chi connectivity index (χ0n) is 23.2. The van der Waals surface area contributed by atoms with Crippen molar-refractivity contribution in [3.8, 4) is 22.6 Å². The number of rotatable bonds is 7. The summed E-state index contributed by atoms with van der Waals surface area (Å²) in [6, 6.07) is 11.3. The molecule has 3 heterocycles. The Hall–Kier alpha value is -4.93. The first-order chi connectivity index (χ1) is 20.3. The van der Waals surface area contributed by atoms with E-state index in [0.29, 0.717) is 17.5 Å². The average molecular weight is 594 g/mol. The van der Waals surface area contributed by atoms with Crippen LogP contribution in [0.25, 0.3) is 22.2 Å². The lowest BCUT2D eigenvalue weighted by Gasteiger charge is -2.20. The van der Waals surface area contributed by atoms with Gasteiger partial charge in [0.25, 0.3) is 0 Å². The van der Waals surface area contributed by atoms with Crippen LogP contribution in [0.1, 0.15) is 47.1 Å². The zero-order chi connectivity index (χ0) is 31.1. The molecule has 0 atom stereocenters. The summed E-state index contributed by atoms with van der Waals surface area (Å²) in [5, 5.41) is 0. The first kappa shape index (κ1) is 29.6. The van der Waals surface area contributed by atoms with Gasteiger partial charge in [-0.15, -0.1) is 0 Å². The normalized spacial score (nSPS) is 11.7. The molecule has 0 aliphatic rings. The summed E-state index contributed by atoms with van der Waals surface area (Å²) in [4.78, 5) is 34.6. The highest BCUT2D eigenvalue weighted by Gasteiger charge is 2.31. The highest BCUT2D eigenvalue weighted by molar-refractivity contribution is 5.98. The van der Waals surface area contributed by atoms with Crippen LogP contribution in [0.3, 0.4) is 0 Å². The lowest BCUT2D eigenvalue weighted by atomic mass is 9.97. The monoisotopic (exact) mass is 593 g/mol. The largest absolute Gasteiger partial charge is 0.452 e. The van der Waals surface area contributed by atoms with Gasteiger partial charge >= 0.3 is 6.18 Å². The van der Waals surface area contributed by atoms with Gasteiger partial charge in [-0.25, -0.2) is 8.78 Å². The van der Waals surface area contributed by atoms with Gasteiger partial charge in [-0.3, -0.25) is 19.6 Å². The lowest BCUT2D eigenvalue weighted by Crippen LogP contribution is -2.24. The minimum atomic E-state index is -4.61. The van der Waals surface area contributed by atoms with E-state index in [9.17, 15) is 27.2 Å². The second kappa shape index (κ2) is 11.4. The van der Waals surface area contributed by atoms with Crippen LogP contribution in [-0.2, 0) is 12.6 Å². The summed E-state index contributed by atoms with van der Waals surface area (Å²) in [7, 11) is 0. The minimum Gasteiger partial charge on any atom is -0.452 e. The van der Waals surface area contributed by atoms with E-state index in [2.05, 4.69) is 9.97 Å². The van der Waals surface area contributed by atoms with Crippen molar-refractivity contribution in [1.29, 1.82) is 0 Å². The molecule has 0 unspecified atom stereocenters. The smallest absolute Gasteiger partial charge is 0.417 e. The van der Waals surface area contributed by atoms with E-state index in [0.717, 1.165) is 12.1 Å². The van der Waals surface area contributed by atoms with E-state index >= 15 is 4.39 Å². The SMILES string of the molecule is Cc1c(-c2ccc(F)cc2)c(=O)c(C(=O)Cc2ccc(Oc3ccnc4cc(C(F)(F)F)cnc34)c(F)c2)cn1C(C)C. The van der Waals surface area contributed by atoms with Crippen molar-refractivity contribution >= 4 is 16.8 Å². The summed E-state index contributed by atoms with van der Waals surface area (Å²) in [6.45, 7) is 5.54. The van der Waals surface area contributed by atoms with Gasteiger partial charge in [0.15, 0.2) is 28.5 Å². The zero-order valence-corrected chi connectivity index (χ0v) is 23.2. The van der Waals surface area contributed by atoms with Crippen molar-refractivity contribution in [3.05, 3.63) is 117 Å². The summed E-state index contributed by atoms with van der Waals surface area (Å²) >= 11 is 0. The number of Topliss-reactive ketones (excluding diaryl/α,β-unsaturated/α-hetero) is 1. The summed E-state index contributed by atoms with van der Waals surface area (Å²) in [5.74, 6) is -2.10. The molecular formula is C32H24F5N3O3. The Morgan fingerprint density at radius 1 is 0.977 bits per heavy atom. The average Bonchev–Trinajstić information content (AvgIpc) is 2.94. The molecular weight excluding hydrogens is 569 g/mol. The van der Waals surface area contributed by atoms with E-state index in [1.165, 1.54) is 54.9 Å². The maximum Gasteiger partial charge on any atom is 0.417 e. The van der Waals surface area contributed by atoms with Crippen LogP contribution in [0, 0.1) is 18.6 Å². The second-order valence-electron chi connectivity index (χ2n) is 10.2. The van der Waals surface area contributed by atoms with Crippen LogP contribution >= 0.6 is 0 Å². The Morgan fingerprint density at radius 2 is 1.70 bits per heavy atom. The van der Waals surface area contributed by atoms with E-state index in [1.54, 1.807) is 11.5 Å².